The second kappa shape index (κ2) is 4.55. The Kier molecular flexibility index (Phi) is 2.87. The Morgan fingerprint density at radius 1 is 1.32 bits per heavy atom. The van der Waals surface area contributed by atoms with E-state index in [1.807, 2.05) is 18.2 Å². The Labute approximate surface area is 114 Å². The first-order chi connectivity index (χ1) is 9.16. The van der Waals surface area contributed by atoms with Crippen LogP contribution in [-0.4, -0.2) is 36.2 Å². The molecule has 0 unspecified atom stereocenters. The van der Waals surface area contributed by atoms with Gasteiger partial charge in [-0.15, -0.1) is 11.3 Å². The molecule has 0 saturated heterocycles. The summed E-state index contributed by atoms with van der Waals surface area (Å²) < 4.78 is 0. The molecule has 0 bridgehead atoms. The van der Waals surface area contributed by atoms with Crippen LogP contribution >= 0.6 is 11.3 Å². The molecular formula is C13H13N3O2S. The van der Waals surface area contributed by atoms with E-state index in [2.05, 4.69) is 27.9 Å². The fourth-order valence-electron chi connectivity index (χ4n) is 2.19. The van der Waals surface area contributed by atoms with E-state index in [4.69, 9.17) is 5.11 Å². The minimum Gasteiger partial charge on any atom is -0.476 e. The second-order valence-corrected chi connectivity index (χ2v) is 5.22. The van der Waals surface area contributed by atoms with Crippen LogP contribution in [0.2, 0.25) is 0 Å². The largest absolute Gasteiger partial charge is 0.476 e. The number of nitrogens with zero attached hydrogens (tertiary/aromatic N) is 3. The number of thiazole rings is 1. The first-order valence-corrected chi connectivity index (χ1v) is 6.81. The van der Waals surface area contributed by atoms with E-state index >= 15 is 0 Å². The van der Waals surface area contributed by atoms with Gasteiger partial charge in [0.1, 0.15) is 0 Å². The second-order valence-electron chi connectivity index (χ2n) is 4.38. The molecule has 1 aliphatic heterocycles. The van der Waals surface area contributed by atoms with Gasteiger partial charge in [0.05, 0.1) is 11.4 Å². The van der Waals surface area contributed by atoms with Gasteiger partial charge in [0.15, 0.2) is 10.8 Å². The topological polar surface area (TPSA) is 56.7 Å². The first-order valence-electron chi connectivity index (χ1n) is 5.93. The van der Waals surface area contributed by atoms with E-state index in [-0.39, 0.29) is 5.69 Å². The Morgan fingerprint density at radius 3 is 2.74 bits per heavy atom. The molecule has 1 aromatic carbocycles. The maximum absolute atomic E-state index is 10.9. The molecule has 6 heteroatoms. The molecule has 2 aromatic rings. The van der Waals surface area contributed by atoms with Crippen molar-refractivity contribution in [3.8, 4) is 0 Å². The molecular weight excluding hydrogens is 262 g/mol. The number of para-hydroxylation sites is 2. The van der Waals surface area contributed by atoms with E-state index in [1.54, 1.807) is 5.38 Å². The van der Waals surface area contributed by atoms with Crippen LogP contribution < -0.4 is 9.80 Å². The number of fused-ring (bicyclic) bond motifs is 1. The van der Waals surface area contributed by atoms with E-state index in [0.717, 1.165) is 29.6 Å². The van der Waals surface area contributed by atoms with Gasteiger partial charge in [-0.1, -0.05) is 12.1 Å². The lowest BCUT2D eigenvalue weighted by Crippen LogP contribution is -2.36. The zero-order valence-electron chi connectivity index (χ0n) is 10.4. The van der Waals surface area contributed by atoms with E-state index in [0.29, 0.717) is 0 Å². The SMILES string of the molecule is CN1CCN(c2nc(C(=O)O)cs2)c2ccccc21. The summed E-state index contributed by atoms with van der Waals surface area (Å²) in [5.74, 6) is -0.982. The molecule has 3 rings (SSSR count). The van der Waals surface area contributed by atoms with Crippen LogP contribution in [0.1, 0.15) is 10.5 Å². The maximum atomic E-state index is 10.9. The molecule has 0 spiro atoms. The summed E-state index contributed by atoms with van der Waals surface area (Å²) in [5, 5.41) is 11.3. The summed E-state index contributed by atoms with van der Waals surface area (Å²) in [5.41, 5.74) is 2.32. The summed E-state index contributed by atoms with van der Waals surface area (Å²) in [4.78, 5) is 19.4. The summed E-state index contributed by atoms with van der Waals surface area (Å²) >= 11 is 1.36. The van der Waals surface area contributed by atoms with Crippen LogP contribution in [0.5, 0.6) is 0 Å². The number of rotatable bonds is 2. The average molecular weight is 275 g/mol. The molecule has 0 amide bonds. The molecule has 1 aromatic heterocycles. The van der Waals surface area contributed by atoms with Gasteiger partial charge in [0.25, 0.3) is 0 Å². The monoisotopic (exact) mass is 275 g/mol. The lowest BCUT2D eigenvalue weighted by Gasteiger charge is -2.35. The molecule has 0 atom stereocenters. The van der Waals surface area contributed by atoms with Crippen LogP contribution in [-0.2, 0) is 0 Å². The predicted molar refractivity (Wildman–Crippen MR) is 75.8 cm³/mol. The van der Waals surface area contributed by atoms with Gasteiger partial charge in [-0.3, -0.25) is 0 Å². The van der Waals surface area contributed by atoms with Crippen LogP contribution in [0.15, 0.2) is 29.6 Å². The molecule has 5 nitrogen and oxygen atoms in total. The Morgan fingerprint density at radius 2 is 2.05 bits per heavy atom. The summed E-state index contributed by atoms with van der Waals surface area (Å²) in [7, 11) is 2.06. The van der Waals surface area contributed by atoms with Gasteiger partial charge in [-0.25, -0.2) is 9.78 Å². The van der Waals surface area contributed by atoms with Crippen LogP contribution in [0.3, 0.4) is 0 Å². The lowest BCUT2D eigenvalue weighted by atomic mass is 10.2. The lowest BCUT2D eigenvalue weighted by molar-refractivity contribution is 0.0691. The third-order valence-electron chi connectivity index (χ3n) is 3.18. The van der Waals surface area contributed by atoms with Gasteiger partial charge in [-0.2, -0.15) is 0 Å². The van der Waals surface area contributed by atoms with Gasteiger partial charge in [-0.05, 0) is 12.1 Å². The van der Waals surface area contributed by atoms with Crippen molar-refractivity contribution in [2.24, 2.45) is 0 Å². The standard InChI is InChI=1S/C13H13N3O2S/c1-15-6-7-16(11-5-3-2-4-10(11)15)13-14-9(8-19-13)12(17)18/h2-5,8H,6-7H2,1H3,(H,17,18). The zero-order valence-corrected chi connectivity index (χ0v) is 11.2. The number of hydrogen-bond donors (Lipinski definition) is 1. The van der Waals surface area contributed by atoms with E-state index in [1.165, 1.54) is 11.3 Å². The fourth-order valence-corrected chi connectivity index (χ4v) is 3.03. The highest BCUT2D eigenvalue weighted by Gasteiger charge is 2.23. The highest BCUT2D eigenvalue weighted by atomic mass is 32.1. The number of carboxylic acids is 1. The number of aromatic carboxylic acids is 1. The number of aromatic nitrogens is 1. The smallest absolute Gasteiger partial charge is 0.355 e. The maximum Gasteiger partial charge on any atom is 0.355 e. The molecule has 0 aliphatic carbocycles. The molecule has 0 saturated carbocycles. The average Bonchev–Trinajstić information content (AvgIpc) is 2.89. The number of benzene rings is 1. The zero-order chi connectivity index (χ0) is 13.4. The Bertz CT molecular complexity index is 626. The molecule has 1 N–H and O–H groups in total. The minimum atomic E-state index is -0.982. The van der Waals surface area contributed by atoms with Gasteiger partial charge >= 0.3 is 5.97 Å². The first kappa shape index (κ1) is 12.0. The molecule has 19 heavy (non-hydrogen) atoms. The Hall–Kier alpha value is -2.08. The van der Waals surface area contributed by atoms with Crippen LogP contribution in [0.4, 0.5) is 16.5 Å². The van der Waals surface area contributed by atoms with E-state index < -0.39 is 5.97 Å². The third kappa shape index (κ3) is 2.04. The van der Waals surface area contributed by atoms with Gasteiger partial charge in [0, 0.05) is 25.5 Å². The number of anilines is 3. The summed E-state index contributed by atoms with van der Waals surface area (Å²) in [6, 6.07) is 8.08. The highest BCUT2D eigenvalue weighted by molar-refractivity contribution is 7.14. The van der Waals surface area contributed by atoms with Crippen molar-refractivity contribution >= 4 is 33.8 Å². The molecule has 98 valence electrons. The Balaban J connectivity index is 2.02. The van der Waals surface area contributed by atoms with Gasteiger partial charge in [0.2, 0.25) is 0 Å². The van der Waals surface area contributed by atoms with Crippen molar-refractivity contribution in [1.29, 1.82) is 0 Å². The van der Waals surface area contributed by atoms with Gasteiger partial charge < -0.3 is 14.9 Å². The van der Waals surface area contributed by atoms with Crippen molar-refractivity contribution in [2.45, 2.75) is 0 Å². The molecule has 0 fully saturated rings. The highest BCUT2D eigenvalue weighted by Crippen LogP contribution is 2.37. The number of likely N-dealkylation sites (N-methyl/N-ethyl adjacent to an activating group) is 1. The number of hydrogen-bond acceptors (Lipinski definition) is 5. The normalized spacial score (nSPS) is 14.4. The fraction of sp³-hybridized carbons (Fsp3) is 0.231. The number of carboxylic acid groups (broad SMARTS) is 1. The summed E-state index contributed by atoms with van der Waals surface area (Å²) in [6.07, 6.45) is 0. The number of carbonyl (C=O) groups is 1. The quantitative estimate of drug-likeness (QED) is 0.912. The van der Waals surface area contributed by atoms with Crippen molar-refractivity contribution in [3.05, 3.63) is 35.3 Å². The van der Waals surface area contributed by atoms with Crippen molar-refractivity contribution < 1.29 is 9.90 Å². The minimum absolute atomic E-state index is 0.108. The van der Waals surface area contributed by atoms with Crippen LogP contribution in [0, 0.1) is 0 Å². The van der Waals surface area contributed by atoms with Crippen molar-refractivity contribution in [3.63, 3.8) is 0 Å². The predicted octanol–water partition coefficient (Wildman–Crippen LogP) is 2.43. The van der Waals surface area contributed by atoms with Crippen molar-refractivity contribution in [2.75, 3.05) is 29.9 Å². The molecule has 2 heterocycles. The molecule has 1 aliphatic rings. The summed E-state index contributed by atoms with van der Waals surface area (Å²) in [6.45, 7) is 1.69. The van der Waals surface area contributed by atoms with E-state index in [9.17, 15) is 4.79 Å². The third-order valence-corrected chi connectivity index (χ3v) is 4.05. The van der Waals surface area contributed by atoms with Crippen molar-refractivity contribution in [1.82, 2.24) is 4.98 Å². The molecule has 0 radical (unpaired) electrons. The van der Waals surface area contributed by atoms with Crippen LogP contribution in [0.25, 0.3) is 0 Å².